The molecule has 0 saturated carbocycles. The van der Waals surface area contributed by atoms with E-state index in [2.05, 4.69) is 30.5 Å². The number of piperidine rings is 1. The van der Waals surface area contributed by atoms with Gasteiger partial charge in [-0.05, 0) is 73.4 Å². The number of carbonyl (C=O) groups is 2. The molecule has 39 heavy (non-hydrogen) atoms. The number of nitrogens with one attached hydrogen (secondary N) is 2. The minimum atomic E-state index is -0.950. The molecule has 4 aromatic rings. The number of nitrogens with zero attached hydrogens (tertiary/aromatic N) is 4. The summed E-state index contributed by atoms with van der Waals surface area (Å²) in [5.41, 5.74) is 1.90. The molecule has 5 rings (SSSR count). The van der Waals surface area contributed by atoms with Crippen molar-refractivity contribution in [2.45, 2.75) is 12.8 Å². The van der Waals surface area contributed by atoms with Crippen molar-refractivity contribution in [3.8, 4) is 5.75 Å². The first-order chi connectivity index (χ1) is 19.0. The molecule has 3 heterocycles. The Morgan fingerprint density at radius 2 is 1.69 bits per heavy atom. The quantitative estimate of drug-likeness (QED) is 0.281. The fourth-order valence-electron chi connectivity index (χ4n) is 4.27. The van der Waals surface area contributed by atoms with Crippen LogP contribution in [0, 0.1) is 5.92 Å². The number of aromatic carboxylic acids is 1. The van der Waals surface area contributed by atoms with Crippen molar-refractivity contribution in [2.75, 3.05) is 35.2 Å². The lowest BCUT2D eigenvalue weighted by atomic mass is 9.98. The third-order valence-corrected chi connectivity index (χ3v) is 6.45. The molecule has 2 aromatic carbocycles. The Bertz CT molecular complexity index is 1410. The minimum absolute atomic E-state index is 0.244. The normalized spacial score (nSPS) is 13.5. The summed E-state index contributed by atoms with van der Waals surface area (Å²) in [6.45, 7) is 2.29. The number of ether oxygens (including phenoxy) is 1. The summed E-state index contributed by atoms with van der Waals surface area (Å²) in [4.78, 5) is 39.0. The Morgan fingerprint density at radius 3 is 2.38 bits per heavy atom. The van der Waals surface area contributed by atoms with Gasteiger partial charge < -0.3 is 25.4 Å². The summed E-state index contributed by atoms with van der Waals surface area (Å²) in [7, 11) is 0. The molecule has 1 fully saturated rings. The fraction of sp³-hybridized carbons (Fsp3) is 0.207. The highest BCUT2D eigenvalue weighted by atomic mass is 16.5. The second-order valence-corrected chi connectivity index (χ2v) is 9.19. The lowest BCUT2D eigenvalue weighted by molar-refractivity contribution is 0.0696. The molecule has 1 amide bonds. The Labute approximate surface area is 225 Å². The molecule has 198 valence electrons. The Balaban J connectivity index is 1.10. The Morgan fingerprint density at radius 1 is 0.923 bits per heavy atom. The van der Waals surface area contributed by atoms with Gasteiger partial charge in [-0.3, -0.25) is 4.79 Å². The summed E-state index contributed by atoms with van der Waals surface area (Å²) in [5.74, 6) is 0.983. The Kier molecular flexibility index (Phi) is 7.92. The number of para-hydroxylation sites is 1. The molecule has 1 aliphatic rings. The number of benzene rings is 2. The standard InChI is InChI=1S/C29H28N6O4/c36-27(25-12-15-30-29(34-25)33-22-4-2-1-3-5-22)32-23-8-11-26(31-18-23)35-16-13-20(14-17-35)19-39-24-9-6-21(7-10-24)28(37)38/h1-12,15,18,20H,13-14,16-17,19H2,(H,32,36)(H,37,38)(H,30,33,34). The van der Waals surface area contributed by atoms with Gasteiger partial charge in [0.1, 0.15) is 17.3 Å². The van der Waals surface area contributed by atoms with E-state index in [1.54, 1.807) is 36.5 Å². The number of hydrogen-bond donors (Lipinski definition) is 3. The van der Waals surface area contributed by atoms with Crippen molar-refractivity contribution in [1.82, 2.24) is 15.0 Å². The first kappa shape index (κ1) is 25.7. The largest absolute Gasteiger partial charge is 0.493 e. The molecule has 0 unspecified atom stereocenters. The van der Waals surface area contributed by atoms with Crippen LogP contribution < -0.4 is 20.3 Å². The fourth-order valence-corrected chi connectivity index (χ4v) is 4.27. The van der Waals surface area contributed by atoms with E-state index in [0.717, 1.165) is 37.4 Å². The molecule has 0 atom stereocenters. The zero-order valence-corrected chi connectivity index (χ0v) is 21.2. The van der Waals surface area contributed by atoms with Crippen LogP contribution in [0.2, 0.25) is 0 Å². The van der Waals surface area contributed by atoms with Crippen LogP contribution in [0.4, 0.5) is 23.1 Å². The number of anilines is 4. The van der Waals surface area contributed by atoms with E-state index in [4.69, 9.17) is 9.84 Å². The average molecular weight is 525 g/mol. The third-order valence-electron chi connectivity index (χ3n) is 6.45. The summed E-state index contributed by atoms with van der Waals surface area (Å²) in [6, 6.07) is 21.3. The van der Waals surface area contributed by atoms with Gasteiger partial charge in [-0.1, -0.05) is 18.2 Å². The van der Waals surface area contributed by atoms with E-state index in [-0.39, 0.29) is 17.2 Å². The van der Waals surface area contributed by atoms with Crippen LogP contribution in [0.15, 0.2) is 85.2 Å². The van der Waals surface area contributed by atoms with Gasteiger partial charge in [0.25, 0.3) is 5.91 Å². The van der Waals surface area contributed by atoms with Gasteiger partial charge in [0.2, 0.25) is 5.95 Å². The SMILES string of the molecule is O=C(O)c1ccc(OCC2CCN(c3ccc(NC(=O)c4ccnc(Nc5ccccc5)n4)cn3)CC2)cc1. The predicted molar refractivity (Wildman–Crippen MR) is 148 cm³/mol. The highest BCUT2D eigenvalue weighted by molar-refractivity contribution is 6.03. The van der Waals surface area contributed by atoms with E-state index < -0.39 is 5.97 Å². The molecular weight excluding hydrogens is 496 g/mol. The molecule has 2 aromatic heterocycles. The van der Waals surface area contributed by atoms with E-state index in [0.29, 0.717) is 29.9 Å². The molecule has 1 aliphatic heterocycles. The first-order valence-corrected chi connectivity index (χ1v) is 12.7. The van der Waals surface area contributed by atoms with Crippen LogP contribution in [0.3, 0.4) is 0 Å². The van der Waals surface area contributed by atoms with E-state index in [9.17, 15) is 9.59 Å². The van der Waals surface area contributed by atoms with Crippen molar-refractivity contribution in [1.29, 1.82) is 0 Å². The maximum atomic E-state index is 12.7. The van der Waals surface area contributed by atoms with Crippen LogP contribution in [0.5, 0.6) is 5.75 Å². The van der Waals surface area contributed by atoms with E-state index in [1.807, 2.05) is 42.5 Å². The van der Waals surface area contributed by atoms with Gasteiger partial charge in [-0.15, -0.1) is 0 Å². The lowest BCUT2D eigenvalue weighted by Gasteiger charge is -2.32. The van der Waals surface area contributed by atoms with Crippen molar-refractivity contribution < 1.29 is 19.4 Å². The van der Waals surface area contributed by atoms with Gasteiger partial charge in [0.15, 0.2) is 0 Å². The predicted octanol–water partition coefficient (Wildman–Crippen LogP) is 4.86. The highest BCUT2D eigenvalue weighted by Gasteiger charge is 2.21. The first-order valence-electron chi connectivity index (χ1n) is 12.7. The molecule has 0 bridgehead atoms. The molecule has 10 nitrogen and oxygen atoms in total. The number of amides is 1. The maximum absolute atomic E-state index is 12.7. The molecular formula is C29H28N6O4. The number of hydrogen-bond acceptors (Lipinski definition) is 8. The molecule has 3 N–H and O–H groups in total. The molecule has 10 heteroatoms. The second kappa shape index (κ2) is 12.0. The average Bonchev–Trinajstić information content (AvgIpc) is 2.98. The van der Waals surface area contributed by atoms with Crippen LogP contribution in [0.1, 0.15) is 33.7 Å². The Hall–Kier alpha value is -4.99. The molecule has 0 radical (unpaired) electrons. The monoisotopic (exact) mass is 524 g/mol. The maximum Gasteiger partial charge on any atom is 0.335 e. The molecule has 1 saturated heterocycles. The summed E-state index contributed by atoms with van der Waals surface area (Å²) in [5, 5.41) is 14.9. The van der Waals surface area contributed by atoms with Crippen LogP contribution in [-0.4, -0.2) is 51.6 Å². The van der Waals surface area contributed by atoms with Crippen molar-refractivity contribution >= 4 is 35.0 Å². The molecule has 0 aliphatic carbocycles. The van der Waals surface area contributed by atoms with Crippen LogP contribution in [0.25, 0.3) is 0 Å². The van der Waals surface area contributed by atoms with Crippen molar-refractivity contribution in [3.63, 3.8) is 0 Å². The van der Waals surface area contributed by atoms with Gasteiger partial charge in [0, 0.05) is 25.0 Å². The van der Waals surface area contributed by atoms with Crippen molar-refractivity contribution in [2.24, 2.45) is 5.92 Å². The number of carbonyl (C=O) groups excluding carboxylic acids is 1. The molecule has 0 spiro atoms. The number of aromatic nitrogens is 3. The lowest BCUT2D eigenvalue weighted by Crippen LogP contribution is -2.36. The van der Waals surface area contributed by atoms with Gasteiger partial charge in [-0.2, -0.15) is 0 Å². The second-order valence-electron chi connectivity index (χ2n) is 9.19. The number of pyridine rings is 1. The van der Waals surface area contributed by atoms with Crippen molar-refractivity contribution in [3.05, 3.63) is 96.4 Å². The zero-order chi connectivity index (χ0) is 27.0. The van der Waals surface area contributed by atoms with Gasteiger partial charge in [0.05, 0.1) is 24.1 Å². The highest BCUT2D eigenvalue weighted by Crippen LogP contribution is 2.24. The zero-order valence-electron chi connectivity index (χ0n) is 21.2. The van der Waals surface area contributed by atoms with E-state index >= 15 is 0 Å². The number of carboxylic acids is 1. The summed E-state index contributed by atoms with van der Waals surface area (Å²) >= 11 is 0. The summed E-state index contributed by atoms with van der Waals surface area (Å²) < 4.78 is 5.87. The van der Waals surface area contributed by atoms with Gasteiger partial charge in [-0.25, -0.2) is 19.7 Å². The van der Waals surface area contributed by atoms with E-state index in [1.165, 1.54) is 6.20 Å². The number of rotatable bonds is 9. The summed E-state index contributed by atoms with van der Waals surface area (Å²) in [6.07, 6.45) is 5.10. The topological polar surface area (TPSA) is 130 Å². The van der Waals surface area contributed by atoms with Gasteiger partial charge >= 0.3 is 5.97 Å². The number of carboxylic acid groups (broad SMARTS) is 1. The van der Waals surface area contributed by atoms with Crippen LogP contribution in [-0.2, 0) is 0 Å². The smallest absolute Gasteiger partial charge is 0.335 e. The third kappa shape index (κ3) is 6.86. The minimum Gasteiger partial charge on any atom is -0.493 e. The van der Waals surface area contributed by atoms with Crippen LogP contribution >= 0.6 is 0 Å².